The molecule has 3 heteroatoms. The second kappa shape index (κ2) is 8.20. The van der Waals surface area contributed by atoms with Crippen molar-refractivity contribution in [3.05, 3.63) is 72.6 Å². The summed E-state index contributed by atoms with van der Waals surface area (Å²) in [5.74, 6) is 0. The zero-order chi connectivity index (χ0) is 21.4. The number of nitrogens with zero attached hydrogens (tertiary/aromatic N) is 2. The van der Waals surface area contributed by atoms with Gasteiger partial charge in [-0.05, 0) is 62.8 Å². The minimum Gasteiger partial charge on any atom is -0.350 e. The van der Waals surface area contributed by atoms with Crippen LogP contribution in [0.1, 0.15) is 78.0 Å². The van der Waals surface area contributed by atoms with Crippen molar-refractivity contribution in [1.82, 2.24) is 9.63 Å². The van der Waals surface area contributed by atoms with Crippen LogP contribution in [0.15, 0.2) is 67.0 Å². The van der Waals surface area contributed by atoms with Gasteiger partial charge in [-0.3, -0.25) is 4.84 Å². The lowest BCUT2D eigenvalue weighted by molar-refractivity contribution is -0.318. The van der Waals surface area contributed by atoms with Crippen LogP contribution in [0.4, 0.5) is 0 Å². The smallest absolute Gasteiger partial charge is 0.102 e. The number of hydrogen-bond acceptors (Lipinski definition) is 2. The van der Waals surface area contributed by atoms with Gasteiger partial charge in [0.25, 0.3) is 0 Å². The Morgan fingerprint density at radius 1 is 0.900 bits per heavy atom. The van der Waals surface area contributed by atoms with Gasteiger partial charge in [-0.25, -0.2) is 0 Å². The van der Waals surface area contributed by atoms with E-state index in [-0.39, 0.29) is 17.2 Å². The number of rotatable bonds is 6. The van der Waals surface area contributed by atoms with E-state index in [0.717, 1.165) is 25.7 Å². The van der Waals surface area contributed by atoms with Gasteiger partial charge in [-0.2, -0.15) is 5.06 Å². The van der Waals surface area contributed by atoms with Gasteiger partial charge in [-0.15, -0.1) is 0 Å². The van der Waals surface area contributed by atoms with E-state index >= 15 is 0 Å². The molecule has 1 saturated heterocycles. The summed E-state index contributed by atoms with van der Waals surface area (Å²) in [7, 11) is 0. The molecule has 0 bridgehead atoms. The second-order valence-electron chi connectivity index (χ2n) is 9.59. The summed E-state index contributed by atoms with van der Waals surface area (Å²) in [5, 5.41) is 5.02. The Kier molecular flexibility index (Phi) is 5.78. The van der Waals surface area contributed by atoms with E-state index in [9.17, 15) is 0 Å². The van der Waals surface area contributed by atoms with Gasteiger partial charge in [0.05, 0.1) is 0 Å². The van der Waals surface area contributed by atoms with Crippen molar-refractivity contribution in [2.24, 2.45) is 0 Å². The highest BCUT2D eigenvalue weighted by Crippen LogP contribution is 2.48. The number of fused-ring (bicyclic) bond motifs is 1. The number of aromatic nitrogens is 1. The molecule has 0 saturated carbocycles. The summed E-state index contributed by atoms with van der Waals surface area (Å²) in [5.41, 5.74) is 1.19. The van der Waals surface area contributed by atoms with Crippen molar-refractivity contribution in [1.29, 1.82) is 0 Å². The lowest BCUT2D eigenvalue weighted by Gasteiger charge is -2.57. The molecule has 4 rings (SSSR count). The van der Waals surface area contributed by atoms with E-state index in [2.05, 4.69) is 111 Å². The minimum atomic E-state index is -0.0611. The van der Waals surface area contributed by atoms with Gasteiger partial charge in [-0.1, -0.05) is 68.4 Å². The van der Waals surface area contributed by atoms with E-state index in [1.54, 1.807) is 0 Å². The first kappa shape index (κ1) is 21.1. The van der Waals surface area contributed by atoms with E-state index in [1.165, 1.54) is 16.3 Å². The van der Waals surface area contributed by atoms with E-state index < -0.39 is 0 Å². The number of hydroxylamine groups is 2. The van der Waals surface area contributed by atoms with Gasteiger partial charge in [0.15, 0.2) is 0 Å². The largest absolute Gasteiger partial charge is 0.350 e. The summed E-state index contributed by atoms with van der Waals surface area (Å²) < 4.78 is 2.46. The third kappa shape index (κ3) is 3.81. The lowest BCUT2D eigenvalue weighted by atomic mass is 9.74. The van der Waals surface area contributed by atoms with Crippen LogP contribution in [0.3, 0.4) is 0 Å². The quantitative estimate of drug-likeness (QED) is 0.428. The zero-order valence-electron chi connectivity index (χ0n) is 19.1. The summed E-state index contributed by atoms with van der Waals surface area (Å²) in [6.45, 7) is 11.5. The SMILES string of the molecule is CCC1(CC)CC(n2cc3ccccc3c2)CC(C)(C)N1OC(C)c1ccccc1. The van der Waals surface area contributed by atoms with Crippen LogP contribution >= 0.6 is 0 Å². The predicted octanol–water partition coefficient (Wildman–Crippen LogP) is 7.31. The Morgan fingerprint density at radius 2 is 1.47 bits per heavy atom. The molecule has 2 unspecified atom stereocenters. The summed E-state index contributed by atoms with van der Waals surface area (Å²) in [6.07, 6.45) is 9.01. The average molecular weight is 405 g/mol. The highest BCUT2D eigenvalue weighted by atomic mass is 16.7. The molecule has 1 aliphatic heterocycles. The molecular weight excluding hydrogens is 368 g/mol. The standard InChI is InChI=1S/C27H36N2O/c1-6-27(7-2)18-25(28-19-23-15-11-12-16-24(23)20-28)17-26(4,5)29(27)30-21(3)22-13-9-8-10-14-22/h8-16,19-21,25H,6-7,17-18H2,1-5H3. The van der Waals surface area contributed by atoms with Crippen LogP contribution in [-0.2, 0) is 4.84 Å². The zero-order valence-corrected chi connectivity index (χ0v) is 19.1. The van der Waals surface area contributed by atoms with Crippen molar-refractivity contribution in [2.75, 3.05) is 0 Å². The molecule has 30 heavy (non-hydrogen) atoms. The topological polar surface area (TPSA) is 17.4 Å². The van der Waals surface area contributed by atoms with Gasteiger partial charge < -0.3 is 4.57 Å². The van der Waals surface area contributed by atoms with Crippen molar-refractivity contribution >= 4 is 10.8 Å². The van der Waals surface area contributed by atoms with E-state index in [1.807, 2.05) is 0 Å². The first-order valence-corrected chi connectivity index (χ1v) is 11.5. The fourth-order valence-electron chi connectivity index (χ4n) is 5.44. The number of hydrogen-bond donors (Lipinski definition) is 0. The van der Waals surface area contributed by atoms with E-state index in [4.69, 9.17) is 4.84 Å². The third-order valence-electron chi connectivity index (χ3n) is 7.17. The molecule has 0 N–H and O–H groups in total. The van der Waals surface area contributed by atoms with Gasteiger partial charge in [0.2, 0.25) is 0 Å². The molecule has 0 spiro atoms. The molecule has 1 aromatic heterocycles. The Balaban J connectivity index is 1.65. The normalized spacial score (nSPS) is 22.2. The first-order chi connectivity index (χ1) is 14.4. The van der Waals surface area contributed by atoms with Gasteiger partial charge >= 0.3 is 0 Å². The van der Waals surface area contributed by atoms with Crippen molar-refractivity contribution in [3.8, 4) is 0 Å². The molecular formula is C27H36N2O. The van der Waals surface area contributed by atoms with Crippen molar-refractivity contribution in [2.45, 2.75) is 83.5 Å². The van der Waals surface area contributed by atoms with Gasteiger partial charge in [0, 0.05) is 29.5 Å². The van der Waals surface area contributed by atoms with E-state index in [0.29, 0.717) is 6.04 Å². The first-order valence-electron chi connectivity index (χ1n) is 11.5. The highest BCUT2D eigenvalue weighted by molar-refractivity contribution is 5.82. The van der Waals surface area contributed by atoms with Crippen molar-refractivity contribution < 1.29 is 4.84 Å². The molecule has 3 aromatic rings. The Bertz CT molecular complexity index is 938. The summed E-state index contributed by atoms with van der Waals surface area (Å²) in [4.78, 5) is 6.76. The Labute approximate surface area is 181 Å². The number of benzene rings is 2. The summed E-state index contributed by atoms with van der Waals surface area (Å²) >= 11 is 0. The van der Waals surface area contributed by atoms with Crippen LogP contribution in [0, 0.1) is 0 Å². The molecule has 160 valence electrons. The maximum absolute atomic E-state index is 6.76. The van der Waals surface area contributed by atoms with Crippen LogP contribution in [-0.4, -0.2) is 20.7 Å². The fraction of sp³-hybridized carbons (Fsp3) is 0.481. The molecule has 3 nitrogen and oxygen atoms in total. The third-order valence-corrected chi connectivity index (χ3v) is 7.17. The average Bonchev–Trinajstić information content (AvgIpc) is 3.20. The predicted molar refractivity (Wildman–Crippen MR) is 125 cm³/mol. The second-order valence-corrected chi connectivity index (χ2v) is 9.59. The maximum Gasteiger partial charge on any atom is 0.102 e. The molecule has 0 radical (unpaired) electrons. The molecule has 2 atom stereocenters. The molecule has 2 aromatic carbocycles. The van der Waals surface area contributed by atoms with Crippen LogP contribution < -0.4 is 0 Å². The molecule has 0 amide bonds. The Hall–Kier alpha value is -2.10. The number of piperidine rings is 1. The van der Waals surface area contributed by atoms with Gasteiger partial charge in [0.1, 0.15) is 6.10 Å². The Morgan fingerprint density at radius 3 is 2.03 bits per heavy atom. The monoisotopic (exact) mass is 404 g/mol. The van der Waals surface area contributed by atoms with Crippen LogP contribution in [0.2, 0.25) is 0 Å². The summed E-state index contributed by atoms with van der Waals surface area (Å²) in [6, 6.07) is 19.7. The molecule has 1 fully saturated rings. The molecule has 2 heterocycles. The molecule has 0 aliphatic carbocycles. The highest BCUT2D eigenvalue weighted by Gasteiger charge is 2.50. The fourth-order valence-corrected chi connectivity index (χ4v) is 5.44. The van der Waals surface area contributed by atoms with Crippen LogP contribution in [0.25, 0.3) is 10.8 Å². The molecule has 1 aliphatic rings. The minimum absolute atomic E-state index is 0.0198. The van der Waals surface area contributed by atoms with Crippen molar-refractivity contribution in [3.63, 3.8) is 0 Å². The lowest BCUT2D eigenvalue weighted by Crippen LogP contribution is -2.62. The maximum atomic E-state index is 6.76. The van der Waals surface area contributed by atoms with Crippen LogP contribution in [0.5, 0.6) is 0 Å².